The third-order valence-corrected chi connectivity index (χ3v) is 5.28. The van der Waals surface area contributed by atoms with Gasteiger partial charge >= 0.3 is 0 Å². The van der Waals surface area contributed by atoms with Crippen LogP contribution in [0.1, 0.15) is 30.4 Å². The van der Waals surface area contributed by atoms with E-state index in [1.807, 2.05) is 17.9 Å². The molecule has 2 saturated heterocycles. The van der Waals surface area contributed by atoms with Crippen molar-refractivity contribution in [1.29, 1.82) is 0 Å². The van der Waals surface area contributed by atoms with Gasteiger partial charge in [-0.05, 0) is 37.3 Å². The third-order valence-electron chi connectivity index (χ3n) is 5.28. The zero-order chi connectivity index (χ0) is 15.8. The number of hydrogen-bond donors (Lipinski definition) is 1. The van der Waals surface area contributed by atoms with E-state index < -0.39 is 0 Å². The molecule has 1 aromatic carbocycles. The highest BCUT2D eigenvalue weighted by atomic mass is 15.2. The zero-order valence-electron chi connectivity index (χ0n) is 14.1. The first-order valence-electron chi connectivity index (χ1n) is 8.74. The van der Waals surface area contributed by atoms with Gasteiger partial charge in [-0.2, -0.15) is 5.10 Å². The van der Waals surface area contributed by atoms with Gasteiger partial charge in [0.05, 0.1) is 6.20 Å². The summed E-state index contributed by atoms with van der Waals surface area (Å²) in [5, 5.41) is 8.12. The molecule has 3 heterocycles. The third kappa shape index (κ3) is 3.19. The van der Waals surface area contributed by atoms with Crippen LogP contribution >= 0.6 is 0 Å². The molecule has 0 amide bonds. The molecule has 0 radical (unpaired) electrons. The van der Waals surface area contributed by atoms with Crippen molar-refractivity contribution in [2.24, 2.45) is 7.05 Å². The summed E-state index contributed by atoms with van der Waals surface area (Å²) in [6.07, 6.45) is 8.08. The molecule has 1 N–H and O–H groups in total. The van der Waals surface area contributed by atoms with Gasteiger partial charge in [-0.3, -0.25) is 9.58 Å². The quantitative estimate of drug-likeness (QED) is 0.946. The van der Waals surface area contributed by atoms with Crippen molar-refractivity contribution in [3.05, 3.63) is 41.7 Å². The number of aromatic nitrogens is 2. The van der Waals surface area contributed by atoms with Crippen molar-refractivity contribution >= 4 is 0 Å². The molecule has 4 nitrogen and oxygen atoms in total. The summed E-state index contributed by atoms with van der Waals surface area (Å²) in [6.45, 7) is 5.58. The predicted molar refractivity (Wildman–Crippen MR) is 93.2 cm³/mol. The molecule has 0 aliphatic carbocycles. The van der Waals surface area contributed by atoms with Crippen molar-refractivity contribution in [3.8, 4) is 11.1 Å². The number of hydrogen-bond acceptors (Lipinski definition) is 3. The van der Waals surface area contributed by atoms with Crippen molar-refractivity contribution in [2.75, 3.05) is 13.1 Å². The molecular formula is C19H26N4. The second-order valence-corrected chi connectivity index (χ2v) is 7.22. The maximum Gasteiger partial charge on any atom is 0.0568 e. The first-order valence-corrected chi connectivity index (χ1v) is 8.74. The number of aryl methyl sites for hydroxylation is 2. The Morgan fingerprint density at radius 2 is 2.09 bits per heavy atom. The predicted octanol–water partition coefficient (Wildman–Crippen LogP) is 2.72. The minimum Gasteiger partial charge on any atom is -0.310 e. The molecule has 122 valence electrons. The molecule has 0 saturated carbocycles. The second-order valence-electron chi connectivity index (χ2n) is 7.22. The fraction of sp³-hybridized carbons (Fsp3) is 0.526. The van der Waals surface area contributed by atoms with E-state index in [2.05, 4.69) is 46.6 Å². The van der Waals surface area contributed by atoms with Crippen LogP contribution < -0.4 is 5.32 Å². The average Bonchev–Trinajstić information content (AvgIpc) is 3.09. The highest BCUT2D eigenvalue weighted by Crippen LogP contribution is 2.27. The Balaban J connectivity index is 1.59. The lowest BCUT2D eigenvalue weighted by Crippen LogP contribution is -2.35. The molecule has 2 aliphatic rings. The fourth-order valence-corrected chi connectivity index (χ4v) is 4.06. The Morgan fingerprint density at radius 1 is 1.22 bits per heavy atom. The summed E-state index contributed by atoms with van der Waals surface area (Å²) in [7, 11) is 1.98. The van der Waals surface area contributed by atoms with Gasteiger partial charge in [0, 0.05) is 50.5 Å². The number of nitrogens with one attached hydrogen (secondary N) is 1. The van der Waals surface area contributed by atoms with Gasteiger partial charge in [0.15, 0.2) is 0 Å². The number of likely N-dealkylation sites (tertiary alicyclic amines) is 1. The van der Waals surface area contributed by atoms with Crippen LogP contribution in [0.5, 0.6) is 0 Å². The number of nitrogens with zero attached hydrogens (tertiary/aromatic N) is 3. The smallest absolute Gasteiger partial charge is 0.0568 e. The molecule has 1 aromatic heterocycles. The van der Waals surface area contributed by atoms with E-state index in [0.29, 0.717) is 6.04 Å². The van der Waals surface area contributed by atoms with Crippen LogP contribution in [0.2, 0.25) is 0 Å². The molecule has 4 heteroatoms. The van der Waals surface area contributed by atoms with Crippen LogP contribution in [0, 0.1) is 6.92 Å². The first kappa shape index (κ1) is 14.9. The lowest BCUT2D eigenvalue weighted by atomic mass is 9.99. The van der Waals surface area contributed by atoms with E-state index in [9.17, 15) is 0 Å². The second kappa shape index (κ2) is 6.10. The number of benzene rings is 1. The Labute approximate surface area is 138 Å². The molecule has 2 atom stereocenters. The molecular weight excluding hydrogens is 284 g/mol. The fourth-order valence-electron chi connectivity index (χ4n) is 4.06. The summed E-state index contributed by atoms with van der Waals surface area (Å²) in [5.74, 6) is 0. The van der Waals surface area contributed by atoms with E-state index in [4.69, 9.17) is 0 Å². The first-order chi connectivity index (χ1) is 11.2. The SMILES string of the molecule is Cc1ccc(CN2CCC3CCC(C2)N3)c(-c2cnn(C)c2)c1. The monoisotopic (exact) mass is 310 g/mol. The Hall–Kier alpha value is -1.65. The lowest BCUT2D eigenvalue weighted by molar-refractivity contribution is 0.251. The highest BCUT2D eigenvalue weighted by Gasteiger charge is 2.29. The summed E-state index contributed by atoms with van der Waals surface area (Å²) in [5.41, 5.74) is 5.28. The van der Waals surface area contributed by atoms with Crippen LogP contribution in [0.15, 0.2) is 30.6 Å². The van der Waals surface area contributed by atoms with E-state index >= 15 is 0 Å². The normalized spacial score (nSPS) is 24.8. The van der Waals surface area contributed by atoms with Crippen LogP contribution in [0.4, 0.5) is 0 Å². The minimum atomic E-state index is 0.690. The topological polar surface area (TPSA) is 33.1 Å². The van der Waals surface area contributed by atoms with Gasteiger partial charge in [0.25, 0.3) is 0 Å². The zero-order valence-corrected chi connectivity index (χ0v) is 14.1. The van der Waals surface area contributed by atoms with Crippen LogP contribution in [-0.4, -0.2) is 39.9 Å². The Kier molecular flexibility index (Phi) is 3.95. The van der Waals surface area contributed by atoms with Crippen molar-refractivity contribution in [3.63, 3.8) is 0 Å². The molecule has 2 aromatic rings. The molecule has 23 heavy (non-hydrogen) atoms. The molecule has 4 rings (SSSR count). The molecule has 2 bridgehead atoms. The highest BCUT2D eigenvalue weighted by molar-refractivity contribution is 5.66. The standard InChI is InChI=1S/C19H26N4/c1-14-3-4-15(19(9-14)16-10-20-22(2)11-16)12-23-8-7-17-5-6-18(13-23)21-17/h3-4,9-11,17-18,21H,5-8,12-13H2,1-2H3. The van der Waals surface area contributed by atoms with Gasteiger partial charge < -0.3 is 5.32 Å². The van der Waals surface area contributed by atoms with Crippen molar-refractivity contribution in [2.45, 2.75) is 44.8 Å². The Morgan fingerprint density at radius 3 is 2.91 bits per heavy atom. The van der Waals surface area contributed by atoms with E-state index in [0.717, 1.165) is 12.6 Å². The van der Waals surface area contributed by atoms with Gasteiger partial charge in [-0.1, -0.05) is 23.8 Å². The summed E-state index contributed by atoms with van der Waals surface area (Å²) in [6, 6.07) is 8.27. The van der Waals surface area contributed by atoms with Crippen LogP contribution in [0.25, 0.3) is 11.1 Å². The van der Waals surface area contributed by atoms with E-state index in [1.165, 1.54) is 54.6 Å². The van der Waals surface area contributed by atoms with Gasteiger partial charge in [-0.15, -0.1) is 0 Å². The average molecular weight is 310 g/mol. The van der Waals surface area contributed by atoms with Gasteiger partial charge in [0.1, 0.15) is 0 Å². The van der Waals surface area contributed by atoms with E-state index in [1.54, 1.807) is 0 Å². The summed E-state index contributed by atoms with van der Waals surface area (Å²) < 4.78 is 1.89. The lowest BCUT2D eigenvalue weighted by Gasteiger charge is -2.25. The number of rotatable bonds is 3. The van der Waals surface area contributed by atoms with Gasteiger partial charge in [-0.25, -0.2) is 0 Å². The molecule has 2 aliphatic heterocycles. The molecule has 0 spiro atoms. The van der Waals surface area contributed by atoms with E-state index in [-0.39, 0.29) is 0 Å². The molecule has 2 fully saturated rings. The minimum absolute atomic E-state index is 0.690. The van der Waals surface area contributed by atoms with Crippen LogP contribution in [0.3, 0.4) is 0 Å². The maximum absolute atomic E-state index is 4.35. The summed E-state index contributed by atoms with van der Waals surface area (Å²) in [4.78, 5) is 2.63. The number of fused-ring (bicyclic) bond motifs is 2. The van der Waals surface area contributed by atoms with Crippen molar-refractivity contribution < 1.29 is 0 Å². The largest absolute Gasteiger partial charge is 0.310 e. The molecule has 2 unspecified atom stereocenters. The maximum atomic E-state index is 4.35. The summed E-state index contributed by atoms with van der Waals surface area (Å²) >= 11 is 0. The Bertz CT molecular complexity index is 690. The van der Waals surface area contributed by atoms with Crippen molar-refractivity contribution in [1.82, 2.24) is 20.0 Å². The van der Waals surface area contributed by atoms with Crippen LogP contribution in [-0.2, 0) is 13.6 Å². The van der Waals surface area contributed by atoms with Gasteiger partial charge in [0.2, 0.25) is 0 Å².